The zero-order valence-electron chi connectivity index (χ0n) is 12.5. The molecule has 1 unspecified atom stereocenters. The number of aliphatic carboxylic acids is 1. The Morgan fingerprint density at radius 1 is 1.19 bits per heavy atom. The highest BCUT2D eigenvalue weighted by Crippen LogP contribution is 2.38. The largest absolute Gasteiger partial charge is 0.481 e. The molecule has 3 N–H and O–H groups in total. The number of rotatable bonds is 4. The normalized spacial score (nSPS) is 25.4. The van der Waals surface area contributed by atoms with Gasteiger partial charge in [0.25, 0.3) is 0 Å². The van der Waals surface area contributed by atoms with E-state index in [4.69, 9.17) is 5.11 Å². The van der Waals surface area contributed by atoms with Crippen molar-refractivity contribution < 1.29 is 19.8 Å². The SMILES string of the molecule is O=C(O)CC1(CNC(=O)N2CCCC(O)C2)CCCCC1. The minimum atomic E-state index is -0.792. The van der Waals surface area contributed by atoms with Crippen molar-refractivity contribution in [3.8, 4) is 0 Å². The van der Waals surface area contributed by atoms with Crippen LogP contribution in [0.25, 0.3) is 0 Å². The third-order valence-corrected chi connectivity index (χ3v) is 4.74. The molecule has 2 rings (SSSR count). The minimum absolute atomic E-state index is 0.121. The molecular weight excluding hydrogens is 272 g/mol. The summed E-state index contributed by atoms with van der Waals surface area (Å²) in [6.45, 7) is 1.46. The zero-order chi connectivity index (χ0) is 15.3. The van der Waals surface area contributed by atoms with Crippen LogP contribution >= 0.6 is 0 Å². The fraction of sp³-hybridized carbons (Fsp3) is 0.867. The minimum Gasteiger partial charge on any atom is -0.481 e. The van der Waals surface area contributed by atoms with E-state index in [1.807, 2.05) is 0 Å². The Labute approximate surface area is 125 Å². The maximum absolute atomic E-state index is 12.2. The summed E-state index contributed by atoms with van der Waals surface area (Å²) in [5.74, 6) is -0.792. The van der Waals surface area contributed by atoms with Crippen LogP contribution < -0.4 is 5.32 Å². The number of urea groups is 1. The molecule has 1 heterocycles. The average molecular weight is 298 g/mol. The third-order valence-electron chi connectivity index (χ3n) is 4.74. The molecule has 0 aromatic rings. The monoisotopic (exact) mass is 298 g/mol. The number of nitrogens with one attached hydrogen (secondary N) is 1. The Bertz CT molecular complexity index is 380. The molecule has 1 saturated heterocycles. The number of hydrogen-bond acceptors (Lipinski definition) is 3. The van der Waals surface area contributed by atoms with Gasteiger partial charge in [0.1, 0.15) is 0 Å². The van der Waals surface area contributed by atoms with Crippen molar-refractivity contribution in [3.05, 3.63) is 0 Å². The van der Waals surface area contributed by atoms with Crippen LogP contribution in [-0.4, -0.2) is 52.9 Å². The Morgan fingerprint density at radius 3 is 2.52 bits per heavy atom. The van der Waals surface area contributed by atoms with Gasteiger partial charge in [-0.15, -0.1) is 0 Å². The summed E-state index contributed by atoms with van der Waals surface area (Å²) < 4.78 is 0. The number of hydrogen-bond donors (Lipinski definition) is 3. The fourth-order valence-electron chi connectivity index (χ4n) is 3.55. The number of aliphatic hydroxyl groups excluding tert-OH is 1. The van der Waals surface area contributed by atoms with Crippen LogP contribution in [0.1, 0.15) is 51.4 Å². The first-order valence-corrected chi connectivity index (χ1v) is 7.93. The Hall–Kier alpha value is -1.30. The lowest BCUT2D eigenvalue weighted by Gasteiger charge is -2.37. The number of likely N-dealkylation sites (tertiary alicyclic amines) is 1. The van der Waals surface area contributed by atoms with E-state index in [0.717, 1.165) is 44.9 Å². The van der Waals surface area contributed by atoms with Gasteiger partial charge in [-0.25, -0.2) is 4.79 Å². The second-order valence-electron chi connectivity index (χ2n) is 6.53. The number of β-amino-alcohol motifs (C(OH)–C–C–N with tert-alkyl or cyclic N) is 1. The fourth-order valence-corrected chi connectivity index (χ4v) is 3.55. The van der Waals surface area contributed by atoms with Gasteiger partial charge in [-0.05, 0) is 31.1 Å². The lowest BCUT2D eigenvalue weighted by molar-refractivity contribution is -0.140. The second kappa shape index (κ2) is 7.11. The standard InChI is InChI=1S/C15H26N2O4/c18-12-5-4-8-17(10-12)14(21)16-11-15(9-13(19)20)6-2-1-3-7-15/h12,18H,1-11H2,(H,16,21)(H,19,20). The third kappa shape index (κ3) is 4.59. The van der Waals surface area contributed by atoms with Gasteiger partial charge in [-0.2, -0.15) is 0 Å². The summed E-state index contributed by atoms with van der Waals surface area (Å²) in [6, 6.07) is -0.177. The first kappa shape index (κ1) is 16.1. The van der Waals surface area contributed by atoms with Crippen LogP contribution in [0.5, 0.6) is 0 Å². The van der Waals surface area contributed by atoms with Crippen LogP contribution in [0, 0.1) is 5.41 Å². The maximum atomic E-state index is 12.2. The van der Waals surface area contributed by atoms with Gasteiger partial charge in [-0.1, -0.05) is 19.3 Å². The molecule has 6 nitrogen and oxygen atoms in total. The summed E-state index contributed by atoms with van der Waals surface area (Å²) in [6.07, 6.45) is 6.18. The quantitative estimate of drug-likeness (QED) is 0.735. The zero-order valence-corrected chi connectivity index (χ0v) is 12.5. The summed E-state index contributed by atoms with van der Waals surface area (Å²) in [7, 11) is 0. The summed E-state index contributed by atoms with van der Waals surface area (Å²) in [5, 5.41) is 21.6. The van der Waals surface area contributed by atoms with Crippen molar-refractivity contribution in [2.75, 3.05) is 19.6 Å². The van der Waals surface area contributed by atoms with E-state index < -0.39 is 12.1 Å². The van der Waals surface area contributed by atoms with Crippen LogP contribution in [-0.2, 0) is 4.79 Å². The Morgan fingerprint density at radius 2 is 1.90 bits per heavy atom. The molecule has 0 bridgehead atoms. The van der Waals surface area contributed by atoms with E-state index >= 15 is 0 Å². The molecule has 1 saturated carbocycles. The maximum Gasteiger partial charge on any atom is 0.317 e. The molecule has 1 aliphatic heterocycles. The van der Waals surface area contributed by atoms with E-state index in [0.29, 0.717) is 19.6 Å². The first-order chi connectivity index (χ1) is 10.0. The number of nitrogens with zero attached hydrogens (tertiary/aromatic N) is 1. The molecule has 6 heteroatoms. The molecular formula is C15H26N2O4. The van der Waals surface area contributed by atoms with Gasteiger partial charge in [0.15, 0.2) is 0 Å². The topological polar surface area (TPSA) is 89.9 Å². The molecule has 21 heavy (non-hydrogen) atoms. The molecule has 0 spiro atoms. The predicted octanol–water partition coefficient (Wildman–Crippen LogP) is 1.58. The predicted molar refractivity (Wildman–Crippen MR) is 78.0 cm³/mol. The van der Waals surface area contributed by atoms with Gasteiger partial charge in [0.05, 0.1) is 12.5 Å². The van der Waals surface area contributed by atoms with Gasteiger partial charge in [-0.3, -0.25) is 4.79 Å². The van der Waals surface area contributed by atoms with Crippen LogP contribution in [0.4, 0.5) is 4.79 Å². The van der Waals surface area contributed by atoms with E-state index in [9.17, 15) is 14.7 Å². The van der Waals surface area contributed by atoms with E-state index in [2.05, 4.69) is 5.32 Å². The van der Waals surface area contributed by atoms with Gasteiger partial charge in [0.2, 0.25) is 0 Å². The first-order valence-electron chi connectivity index (χ1n) is 7.93. The van der Waals surface area contributed by atoms with Crippen molar-refractivity contribution in [2.45, 2.75) is 57.5 Å². The van der Waals surface area contributed by atoms with E-state index in [-0.39, 0.29) is 17.9 Å². The molecule has 2 amide bonds. The highest BCUT2D eigenvalue weighted by molar-refractivity contribution is 5.74. The van der Waals surface area contributed by atoms with E-state index in [1.165, 1.54) is 0 Å². The summed E-state index contributed by atoms with van der Waals surface area (Å²) in [5.41, 5.74) is -0.297. The number of piperidine rings is 1. The summed E-state index contributed by atoms with van der Waals surface area (Å²) in [4.78, 5) is 24.9. The number of carbonyl (C=O) groups excluding carboxylic acids is 1. The van der Waals surface area contributed by atoms with Gasteiger partial charge >= 0.3 is 12.0 Å². The molecule has 2 aliphatic rings. The van der Waals surface area contributed by atoms with E-state index in [1.54, 1.807) is 4.90 Å². The summed E-state index contributed by atoms with van der Waals surface area (Å²) >= 11 is 0. The molecule has 0 radical (unpaired) electrons. The lowest BCUT2D eigenvalue weighted by Crippen LogP contribution is -2.50. The Kier molecular flexibility index (Phi) is 5.45. The average Bonchev–Trinajstić information content (AvgIpc) is 2.45. The molecule has 120 valence electrons. The highest BCUT2D eigenvalue weighted by Gasteiger charge is 2.35. The van der Waals surface area contributed by atoms with Crippen LogP contribution in [0.3, 0.4) is 0 Å². The number of carboxylic acid groups (broad SMARTS) is 1. The molecule has 1 atom stereocenters. The van der Waals surface area contributed by atoms with Crippen molar-refractivity contribution >= 4 is 12.0 Å². The number of carboxylic acids is 1. The van der Waals surface area contributed by atoms with Crippen LogP contribution in [0.2, 0.25) is 0 Å². The number of aliphatic hydroxyl groups is 1. The molecule has 0 aromatic heterocycles. The number of amides is 2. The van der Waals surface area contributed by atoms with Crippen molar-refractivity contribution in [1.29, 1.82) is 0 Å². The van der Waals surface area contributed by atoms with Crippen molar-refractivity contribution in [1.82, 2.24) is 10.2 Å². The molecule has 0 aromatic carbocycles. The van der Waals surface area contributed by atoms with Gasteiger partial charge < -0.3 is 20.4 Å². The smallest absolute Gasteiger partial charge is 0.317 e. The molecule has 1 aliphatic carbocycles. The second-order valence-corrected chi connectivity index (χ2v) is 6.53. The lowest BCUT2D eigenvalue weighted by atomic mass is 9.72. The van der Waals surface area contributed by atoms with Crippen LogP contribution in [0.15, 0.2) is 0 Å². The van der Waals surface area contributed by atoms with Gasteiger partial charge in [0, 0.05) is 19.6 Å². The highest BCUT2D eigenvalue weighted by atomic mass is 16.4. The Balaban J connectivity index is 1.88. The molecule has 2 fully saturated rings. The van der Waals surface area contributed by atoms with Crippen molar-refractivity contribution in [2.24, 2.45) is 5.41 Å². The van der Waals surface area contributed by atoms with Crippen molar-refractivity contribution in [3.63, 3.8) is 0 Å². The number of carbonyl (C=O) groups is 2.